The van der Waals surface area contributed by atoms with Gasteiger partial charge in [0.25, 0.3) is 0 Å². The van der Waals surface area contributed by atoms with Gasteiger partial charge in [-0.05, 0) is 51.5 Å². The molecule has 3 aliphatic heterocycles. The molecule has 0 aromatic carbocycles. The third kappa shape index (κ3) is 2.75. The van der Waals surface area contributed by atoms with Gasteiger partial charge in [0.05, 0.1) is 5.41 Å². The first-order valence-electron chi connectivity index (χ1n) is 9.87. The summed E-state index contributed by atoms with van der Waals surface area (Å²) < 4.78 is 0. The molecule has 2 amide bonds. The number of piperidine rings is 2. The molecule has 0 aromatic rings. The number of rotatable bonds is 2. The highest BCUT2D eigenvalue weighted by Gasteiger charge is 2.49. The first-order chi connectivity index (χ1) is 11.6. The molecule has 0 radical (unpaired) electrons. The summed E-state index contributed by atoms with van der Waals surface area (Å²) in [5.74, 6) is 1.10. The topological polar surface area (TPSA) is 43.9 Å². The van der Waals surface area contributed by atoms with Crippen molar-refractivity contribution in [2.24, 2.45) is 11.3 Å². The van der Waals surface area contributed by atoms with Crippen molar-refractivity contribution < 1.29 is 9.59 Å². The smallest absolute Gasteiger partial charge is 0.229 e. The summed E-state index contributed by atoms with van der Waals surface area (Å²) in [4.78, 5) is 31.7. The molecule has 5 heteroatoms. The van der Waals surface area contributed by atoms with Crippen LogP contribution in [0.25, 0.3) is 0 Å². The number of carbonyl (C=O) groups is 2. The zero-order chi connectivity index (χ0) is 16.7. The van der Waals surface area contributed by atoms with Gasteiger partial charge in [0, 0.05) is 45.2 Å². The zero-order valence-corrected chi connectivity index (χ0v) is 15.0. The third-order valence-corrected chi connectivity index (χ3v) is 7.08. The van der Waals surface area contributed by atoms with Crippen LogP contribution in [0.2, 0.25) is 0 Å². The molecule has 3 heterocycles. The van der Waals surface area contributed by atoms with Crippen molar-refractivity contribution in [3.05, 3.63) is 0 Å². The highest BCUT2D eigenvalue weighted by molar-refractivity contribution is 5.84. The molecule has 4 fully saturated rings. The Bertz CT molecular complexity index is 511. The van der Waals surface area contributed by atoms with Gasteiger partial charge in [-0.2, -0.15) is 0 Å². The highest BCUT2D eigenvalue weighted by atomic mass is 16.2. The normalized spacial score (nSPS) is 33.3. The lowest BCUT2D eigenvalue weighted by molar-refractivity contribution is -0.144. The average molecular weight is 333 g/mol. The van der Waals surface area contributed by atoms with Gasteiger partial charge in [0.15, 0.2) is 0 Å². The molecule has 1 saturated carbocycles. The van der Waals surface area contributed by atoms with E-state index in [1.54, 1.807) is 0 Å². The first kappa shape index (κ1) is 16.4. The van der Waals surface area contributed by atoms with E-state index in [-0.39, 0.29) is 5.41 Å². The van der Waals surface area contributed by atoms with E-state index in [0.29, 0.717) is 23.8 Å². The van der Waals surface area contributed by atoms with Gasteiger partial charge in [0.1, 0.15) is 0 Å². The zero-order valence-electron chi connectivity index (χ0n) is 15.0. The lowest BCUT2D eigenvalue weighted by Gasteiger charge is -2.41. The fraction of sp³-hybridized carbons (Fsp3) is 0.895. The molecule has 1 atom stereocenters. The van der Waals surface area contributed by atoms with Gasteiger partial charge in [-0.1, -0.05) is 6.42 Å². The predicted octanol–water partition coefficient (Wildman–Crippen LogP) is 1.72. The summed E-state index contributed by atoms with van der Waals surface area (Å²) in [5, 5.41) is 0. The van der Waals surface area contributed by atoms with E-state index in [4.69, 9.17) is 0 Å². The summed E-state index contributed by atoms with van der Waals surface area (Å²) in [5.41, 5.74) is -0.105. The Hall–Kier alpha value is -1.10. The van der Waals surface area contributed by atoms with E-state index in [2.05, 4.69) is 9.80 Å². The molecule has 1 unspecified atom stereocenters. The Labute approximate surface area is 145 Å². The van der Waals surface area contributed by atoms with Gasteiger partial charge in [-0.25, -0.2) is 0 Å². The van der Waals surface area contributed by atoms with Crippen molar-refractivity contribution in [1.29, 1.82) is 0 Å². The summed E-state index contributed by atoms with van der Waals surface area (Å²) in [6, 6.07) is 0.565. The van der Waals surface area contributed by atoms with Crippen LogP contribution in [0, 0.1) is 11.3 Å². The molecule has 1 aliphatic carbocycles. The Kier molecular flexibility index (Phi) is 4.31. The summed E-state index contributed by atoms with van der Waals surface area (Å²) >= 11 is 0. The van der Waals surface area contributed by atoms with Gasteiger partial charge in [-0.15, -0.1) is 0 Å². The fourth-order valence-electron chi connectivity index (χ4n) is 5.23. The van der Waals surface area contributed by atoms with Crippen LogP contribution in [0.1, 0.15) is 51.4 Å². The number of carbonyl (C=O) groups excluding carboxylic acids is 2. The van der Waals surface area contributed by atoms with E-state index in [1.165, 1.54) is 6.42 Å². The molecular weight excluding hydrogens is 302 g/mol. The number of likely N-dealkylation sites (tertiary alicyclic amines) is 3. The van der Waals surface area contributed by atoms with Crippen LogP contribution in [0.15, 0.2) is 0 Å². The van der Waals surface area contributed by atoms with Crippen molar-refractivity contribution in [2.45, 2.75) is 57.4 Å². The first-order valence-corrected chi connectivity index (χ1v) is 9.87. The Morgan fingerprint density at radius 1 is 1.00 bits per heavy atom. The number of hydrogen-bond acceptors (Lipinski definition) is 3. The molecule has 0 bridgehead atoms. The van der Waals surface area contributed by atoms with Crippen molar-refractivity contribution in [1.82, 2.24) is 14.7 Å². The Morgan fingerprint density at radius 3 is 2.42 bits per heavy atom. The number of hydrogen-bond donors (Lipinski definition) is 0. The second-order valence-corrected chi connectivity index (χ2v) is 8.52. The summed E-state index contributed by atoms with van der Waals surface area (Å²) in [6.07, 6.45) is 8.82. The van der Waals surface area contributed by atoms with Crippen LogP contribution in [0.4, 0.5) is 0 Å². The quantitative estimate of drug-likeness (QED) is 0.773. The lowest BCUT2D eigenvalue weighted by atomic mass is 9.78. The molecule has 134 valence electrons. The maximum absolute atomic E-state index is 12.7. The minimum Gasteiger partial charge on any atom is -0.345 e. The van der Waals surface area contributed by atoms with Crippen LogP contribution in [0.3, 0.4) is 0 Å². The second-order valence-electron chi connectivity index (χ2n) is 8.52. The van der Waals surface area contributed by atoms with Gasteiger partial charge in [0.2, 0.25) is 11.8 Å². The second kappa shape index (κ2) is 6.32. The van der Waals surface area contributed by atoms with E-state index in [0.717, 1.165) is 77.7 Å². The molecule has 4 aliphatic rings. The maximum Gasteiger partial charge on any atom is 0.229 e. The van der Waals surface area contributed by atoms with E-state index < -0.39 is 0 Å². The standard InChI is InChI=1S/C19H31N3O2/c1-20-10-3-8-19(18(20)24)9-13-22(14-19)16-6-11-21(12-7-16)17(23)15-4-2-5-15/h15-16H,2-14H2,1H3. The van der Waals surface area contributed by atoms with Crippen molar-refractivity contribution in [3.8, 4) is 0 Å². The van der Waals surface area contributed by atoms with Gasteiger partial charge < -0.3 is 9.80 Å². The largest absolute Gasteiger partial charge is 0.345 e. The highest BCUT2D eigenvalue weighted by Crippen LogP contribution is 2.41. The van der Waals surface area contributed by atoms with E-state index >= 15 is 0 Å². The fourth-order valence-corrected chi connectivity index (χ4v) is 5.23. The van der Waals surface area contributed by atoms with Gasteiger partial charge in [-0.3, -0.25) is 14.5 Å². The van der Waals surface area contributed by atoms with Crippen LogP contribution >= 0.6 is 0 Å². The monoisotopic (exact) mass is 333 g/mol. The SMILES string of the molecule is CN1CCCC2(CCN(C3CCN(C(=O)C4CCC4)CC3)C2)C1=O. The average Bonchev–Trinajstić information content (AvgIpc) is 2.96. The van der Waals surface area contributed by atoms with Crippen molar-refractivity contribution >= 4 is 11.8 Å². The number of nitrogens with zero attached hydrogens (tertiary/aromatic N) is 3. The van der Waals surface area contributed by atoms with Gasteiger partial charge >= 0.3 is 0 Å². The van der Waals surface area contributed by atoms with Crippen LogP contribution in [-0.2, 0) is 9.59 Å². The molecule has 0 aromatic heterocycles. The van der Waals surface area contributed by atoms with Crippen molar-refractivity contribution in [2.75, 3.05) is 39.8 Å². The molecule has 1 spiro atoms. The summed E-state index contributed by atoms with van der Waals surface area (Å²) in [6.45, 7) is 4.75. The number of amides is 2. The minimum atomic E-state index is -0.105. The van der Waals surface area contributed by atoms with E-state index in [9.17, 15) is 9.59 Å². The molecule has 24 heavy (non-hydrogen) atoms. The van der Waals surface area contributed by atoms with Crippen LogP contribution in [0.5, 0.6) is 0 Å². The molecule has 3 saturated heterocycles. The molecule has 4 rings (SSSR count). The van der Waals surface area contributed by atoms with Crippen molar-refractivity contribution in [3.63, 3.8) is 0 Å². The minimum absolute atomic E-state index is 0.105. The Morgan fingerprint density at radius 2 is 1.75 bits per heavy atom. The Balaban J connectivity index is 1.32. The predicted molar refractivity (Wildman–Crippen MR) is 92.4 cm³/mol. The third-order valence-electron chi connectivity index (χ3n) is 7.08. The molecule has 0 N–H and O–H groups in total. The van der Waals surface area contributed by atoms with Crippen LogP contribution in [-0.4, -0.2) is 72.3 Å². The van der Waals surface area contributed by atoms with Crippen LogP contribution < -0.4 is 0 Å². The molecule has 5 nitrogen and oxygen atoms in total. The van der Waals surface area contributed by atoms with E-state index in [1.807, 2.05) is 11.9 Å². The summed E-state index contributed by atoms with van der Waals surface area (Å²) in [7, 11) is 1.95. The maximum atomic E-state index is 12.7. The lowest BCUT2D eigenvalue weighted by Crippen LogP contribution is -2.51. The molecular formula is C19H31N3O2.